The number of nitrogens with zero attached hydrogens (tertiary/aromatic N) is 1. The molecule has 0 bridgehead atoms. The van der Waals surface area contributed by atoms with Gasteiger partial charge in [0, 0.05) is 13.1 Å². The summed E-state index contributed by atoms with van der Waals surface area (Å²) in [4.78, 5) is 13.2. The van der Waals surface area contributed by atoms with E-state index >= 15 is 0 Å². The van der Waals surface area contributed by atoms with Crippen molar-refractivity contribution in [3.63, 3.8) is 0 Å². The highest BCUT2D eigenvalue weighted by atomic mass is 16.1. The number of nitrogens with two attached hydrogens (primary N) is 1. The first kappa shape index (κ1) is 10.5. The number of hydrogen-bond acceptors (Lipinski definition) is 3. The van der Waals surface area contributed by atoms with E-state index in [0.29, 0.717) is 0 Å². The molecule has 4 nitrogen and oxygen atoms in total. The van der Waals surface area contributed by atoms with Gasteiger partial charge in [-0.25, -0.2) is 0 Å². The molecule has 76 valence electrons. The average molecular weight is 185 g/mol. The number of carbonyl (C=O) groups is 1. The van der Waals surface area contributed by atoms with Gasteiger partial charge in [0.15, 0.2) is 0 Å². The summed E-state index contributed by atoms with van der Waals surface area (Å²) < 4.78 is 0. The zero-order valence-electron chi connectivity index (χ0n) is 8.47. The van der Waals surface area contributed by atoms with Gasteiger partial charge in [0.05, 0.1) is 5.54 Å². The molecule has 3 N–H and O–H groups in total. The molecule has 0 spiro atoms. The molecule has 0 aromatic carbocycles. The molecular formula is C9H19N3O. The summed E-state index contributed by atoms with van der Waals surface area (Å²) in [7, 11) is 4.03. The van der Waals surface area contributed by atoms with Gasteiger partial charge in [0.25, 0.3) is 0 Å². The lowest BCUT2D eigenvalue weighted by Gasteiger charge is -2.39. The molecule has 1 aliphatic rings. The van der Waals surface area contributed by atoms with Crippen LogP contribution in [-0.2, 0) is 4.79 Å². The third kappa shape index (κ3) is 2.42. The van der Waals surface area contributed by atoms with Gasteiger partial charge in [-0.3, -0.25) is 4.79 Å². The summed E-state index contributed by atoms with van der Waals surface area (Å²) in [6.07, 6.45) is 2.91. The summed E-state index contributed by atoms with van der Waals surface area (Å²) in [5, 5.41) is 3.25. The average Bonchev–Trinajstić information content (AvgIpc) is 1.93. The molecular weight excluding hydrogens is 166 g/mol. The van der Waals surface area contributed by atoms with E-state index in [4.69, 9.17) is 5.73 Å². The highest BCUT2D eigenvalue weighted by Crippen LogP contribution is 2.31. The Balaban J connectivity index is 2.28. The minimum Gasteiger partial charge on any atom is -0.368 e. The summed E-state index contributed by atoms with van der Waals surface area (Å²) in [5.74, 6) is -0.197. The van der Waals surface area contributed by atoms with Crippen molar-refractivity contribution in [3.8, 4) is 0 Å². The number of amides is 1. The maximum Gasteiger partial charge on any atom is 0.237 e. The van der Waals surface area contributed by atoms with Gasteiger partial charge < -0.3 is 16.0 Å². The largest absolute Gasteiger partial charge is 0.368 e. The minimum atomic E-state index is -0.379. The molecule has 0 aromatic rings. The number of rotatable bonds is 5. The molecule has 1 saturated carbocycles. The highest BCUT2D eigenvalue weighted by Gasteiger charge is 2.41. The van der Waals surface area contributed by atoms with Crippen LogP contribution in [0, 0.1) is 0 Å². The first-order valence-corrected chi connectivity index (χ1v) is 4.76. The molecule has 0 saturated heterocycles. The Morgan fingerprint density at radius 2 is 2.15 bits per heavy atom. The summed E-state index contributed by atoms with van der Waals surface area (Å²) in [6, 6.07) is 0. The predicted octanol–water partition coefficient (Wildman–Crippen LogP) is -0.454. The van der Waals surface area contributed by atoms with Crippen LogP contribution < -0.4 is 11.1 Å². The fourth-order valence-electron chi connectivity index (χ4n) is 1.56. The third-order valence-electron chi connectivity index (χ3n) is 2.70. The molecule has 0 aromatic heterocycles. The van der Waals surface area contributed by atoms with Crippen LogP contribution >= 0.6 is 0 Å². The standard InChI is InChI=1S/C9H19N3O/c1-12(2)7-6-11-9(8(10)13)4-3-5-9/h11H,3-7H2,1-2H3,(H2,10,13). The van der Waals surface area contributed by atoms with Gasteiger partial charge in [0.2, 0.25) is 5.91 Å². The predicted molar refractivity (Wildman–Crippen MR) is 52.3 cm³/mol. The topological polar surface area (TPSA) is 58.4 Å². The fraction of sp³-hybridized carbons (Fsp3) is 0.889. The van der Waals surface area contributed by atoms with Gasteiger partial charge in [-0.15, -0.1) is 0 Å². The maximum atomic E-state index is 11.1. The monoisotopic (exact) mass is 185 g/mol. The van der Waals surface area contributed by atoms with Crippen molar-refractivity contribution in [1.82, 2.24) is 10.2 Å². The number of carbonyl (C=O) groups excluding carboxylic acids is 1. The Bertz CT molecular complexity index is 187. The van der Waals surface area contributed by atoms with E-state index in [-0.39, 0.29) is 11.4 Å². The van der Waals surface area contributed by atoms with E-state index in [2.05, 4.69) is 10.2 Å². The van der Waals surface area contributed by atoms with Crippen molar-refractivity contribution in [2.24, 2.45) is 5.73 Å². The minimum absolute atomic E-state index is 0.197. The van der Waals surface area contributed by atoms with Crippen LogP contribution in [0.4, 0.5) is 0 Å². The Hall–Kier alpha value is -0.610. The summed E-state index contributed by atoms with van der Waals surface area (Å²) >= 11 is 0. The first-order chi connectivity index (χ1) is 6.07. The van der Waals surface area contributed by atoms with Crippen molar-refractivity contribution in [3.05, 3.63) is 0 Å². The van der Waals surface area contributed by atoms with Crippen LogP contribution in [0.5, 0.6) is 0 Å². The van der Waals surface area contributed by atoms with Crippen LogP contribution in [0.2, 0.25) is 0 Å². The van der Waals surface area contributed by atoms with Crippen LogP contribution in [0.1, 0.15) is 19.3 Å². The van der Waals surface area contributed by atoms with Gasteiger partial charge in [-0.05, 0) is 33.4 Å². The molecule has 0 atom stereocenters. The van der Waals surface area contributed by atoms with E-state index < -0.39 is 0 Å². The SMILES string of the molecule is CN(C)CCNC1(C(N)=O)CCC1. The Labute approximate surface area is 79.5 Å². The normalized spacial score (nSPS) is 19.9. The van der Waals surface area contributed by atoms with Gasteiger partial charge in [0.1, 0.15) is 0 Å². The molecule has 1 aliphatic carbocycles. The zero-order chi connectivity index (χ0) is 9.90. The molecule has 0 radical (unpaired) electrons. The van der Waals surface area contributed by atoms with E-state index in [1.165, 1.54) is 0 Å². The second kappa shape index (κ2) is 4.07. The smallest absolute Gasteiger partial charge is 0.237 e. The molecule has 0 aliphatic heterocycles. The van der Waals surface area contributed by atoms with Crippen molar-refractivity contribution in [1.29, 1.82) is 0 Å². The van der Waals surface area contributed by atoms with Crippen LogP contribution in [0.25, 0.3) is 0 Å². The van der Waals surface area contributed by atoms with Gasteiger partial charge in [-0.1, -0.05) is 0 Å². The fourth-order valence-corrected chi connectivity index (χ4v) is 1.56. The molecule has 4 heteroatoms. The van der Waals surface area contributed by atoms with Gasteiger partial charge >= 0.3 is 0 Å². The number of nitrogens with one attached hydrogen (secondary N) is 1. The van der Waals surface area contributed by atoms with Crippen molar-refractivity contribution >= 4 is 5.91 Å². The van der Waals surface area contributed by atoms with Crippen molar-refractivity contribution < 1.29 is 4.79 Å². The van der Waals surface area contributed by atoms with Crippen molar-refractivity contribution in [2.45, 2.75) is 24.8 Å². The van der Waals surface area contributed by atoms with E-state index in [9.17, 15) is 4.79 Å². The lowest BCUT2D eigenvalue weighted by atomic mass is 9.76. The third-order valence-corrected chi connectivity index (χ3v) is 2.70. The molecule has 0 heterocycles. The highest BCUT2D eigenvalue weighted by molar-refractivity contribution is 5.85. The summed E-state index contributed by atoms with van der Waals surface area (Å²) in [5.41, 5.74) is 4.96. The van der Waals surface area contributed by atoms with E-state index in [1.54, 1.807) is 0 Å². The molecule has 1 fully saturated rings. The Kier molecular flexibility index (Phi) is 3.27. The van der Waals surface area contributed by atoms with Gasteiger partial charge in [-0.2, -0.15) is 0 Å². The lowest BCUT2D eigenvalue weighted by molar-refractivity contribution is -0.127. The quantitative estimate of drug-likeness (QED) is 0.609. The molecule has 13 heavy (non-hydrogen) atoms. The zero-order valence-corrected chi connectivity index (χ0v) is 8.47. The molecule has 1 amide bonds. The van der Waals surface area contributed by atoms with Crippen LogP contribution in [0.3, 0.4) is 0 Å². The second-order valence-corrected chi connectivity index (χ2v) is 4.03. The second-order valence-electron chi connectivity index (χ2n) is 4.03. The lowest BCUT2D eigenvalue weighted by Crippen LogP contribution is -2.60. The van der Waals surface area contributed by atoms with Crippen LogP contribution in [0.15, 0.2) is 0 Å². The molecule has 0 unspecified atom stereocenters. The Morgan fingerprint density at radius 1 is 1.54 bits per heavy atom. The van der Waals surface area contributed by atoms with E-state index in [1.807, 2.05) is 14.1 Å². The number of primary amides is 1. The number of likely N-dealkylation sites (N-methyl/N-ethyl adjacent to an activating group) is 1. The first-order valence-electron chi connectivity index (χ1n) is 4.76. The maximum absolute atomic E-state index is 11.1. The van der Waals surface area contributed by atoms with E-state index in [0.717, 1.165) is 32.4 Å². The molecule has 1 rings (SSSR count). The van der Waals surface area contributed by atoms with Crippen LogP contribution in [-0.4, -0.2) is 43.5 Å². The summed E-state index contributed by atoms with van der Waals surface area (Å²) in [6.45, 7) is 1.77. The van der Waals surface area contributed by atoms with Crippen molar-refractivity contribution in [2.75, 3.05) is 27.2 Å². The number of hydrogen-bond donors (Lipinski definition) is 2. The Morgan fingerprint density at radius 3 is 2.46 bits per heavy atom.